The number of ether oxygens (including phenoxy) is 2. The van der Waals surface area contributed by atoms with Crippen LogP contribution in [0.25, 0.3) is 0 Å². The lowest BCUT2D eigenvalue weighted by Gasteiger charge is -2.19. The van der Waals surface area contributed by atoms with Gasteiger partial charge in [0, 0.05) is 20.1 Å². The molecule has 72 valence electrons. The zero-order valence-electron chi connectivity index (χ0n) is 7.75. The number of hydrogen-bond acceptors (Lipinski definition) is 2. The van der Waals surface area contributed by atoms with Gasteiger partial charge in [-0.1, -0.05) is 6.92 Å². The monoisotopic (exact) mass is 192 g/mol. The van der Waals surface area contributed by atoms with E-state index in [1.165, 1.54) is 0 Å². The molecule has 0 N–H and O–H groups in total. The molecular weight excluding hydrogens is 176 g/mol. The summed E-state index contributed by atoms with van der Waals surface area (Å²) >= 11 is 6.06. The Balaban J connectivity index is 2.28. The van der Waals surface area contributed by atoms with Crippen LogP contribution in [0, 0.1) is 0 Å². The molecule has 1 rings (SSSR count). The highest BCUT2D eigenvalue weighted by molar-refractivity contribution is 6.21. The molecule has 1 aliphatic rings. The van der Waals surface area contributed by atoms with Crippen molar-refractivity contribution in [1.82, 2.24) is 0 Å². The van der Waals surface area contributed by atoms with E-state index in [0.717, 1.165) is 25.9 Å². The average molecular weight is 193 g/mol. The standard InChI is InChI=1S/C9H17ClO2/c1-3-7(11-2)6-9-8(10)4-5-12-9/h7-9H,3-6H2,1-2H3. The van der Waals surface area contributed by atoms with Crippen LogP contribution in [0.1, 0.15) is 26.2 Å². The molecule has 0 bridgehead atoms. The van der Waals surface area contributed by atoms with Crippen LogP contribution in [0.4, 0.5) is 0 Å². The van der Waals surface area contributed by atoms with Crippen LogP contribution >= 0.6 is 11.6 Å². The summed E-state index contributed by atoms with van der Waals surface area (Å²) in [6.07, 6.45) is 3.44. The lowest BCUT2D eigenvalue weighted by atomic mass is 10.1. The molecule has 12 heavy (non-hydrogen) atoms. The molecular formula is C9H17ClO2. The zero-order valence-corrected chi connectivity index (χ0v) is 8.51. The quantitative estimate of drug-likeness (QED) is 0.636. The fourth-order valence-electron chi connectivity index (χ4n) is 1.53. The molecule has 0 amide bonds. The highest BCUT2D eigenvalue weighted by atomic mass is 35.5. The second-order valence-electron chi connectivity index (χ2n) is 3.22. The first-order chi connectivity index (χ1) is 5.77. The van der Waals surface area contributed by atoms with Crippen molar-refractivity contribution in [2.24, 2.45) is 0 Å². The molecule has 3 atom stereocenters. The summed E-state index contributed by atoms with van der Waals surface area (Å²) in [7, 11) is 1.74. The van der Waals surface area contributed by atoms with Crippen molar-refractivity contribution in [1.29, 1.82) is 0 Å². The third-order valence-electron chi connectivity index (χ3n) is 2.41. The van der Waals surface area contributed by atoms with Crippen molar-refractivity contribution in [3.05, 3.63) is 0 Å². The summed E-state index contributed by atoms with van der Waals surface area (Å²) in [5, 5.41) is 0.189. The molecule has 0 aromatic carbocycles. The van der Waals surface area contributed by atoms with Gasteiger partial charge in [-0.2, -0.15) is 0 Å². The van der Waals surface area contributed by atoms with Gasteiger partial charge in [0.1, 0.15) is 0 Å². The molecule has 0 aliphatic carbocycles. The van der Waals surface area contributed by atoms with Crippen molar-refractivity contribution in [2.45, 2.75) is 43.8 Å². The van der Waals surface area contributed by atoms with Crippen LogP contribution in [0.5, 0.6) is 0 Å². The minimum Gasteiger partial charge on any atom is -0.381 e. The van der Waals surface area contributed by atoms with Crippen LogP contribution in [-0.2, 0) is 9.47 Å². The predicted octanol–water partition coefficient (Wildman–Crippen LogP) is 2.20. The number of halogens is 1. The van der Waals surface area contributed by atoms with Crippen molar-refractivity contribution in [3.63, 3.8) is 0 Å². The Kier molecular flexibility index (Phi) is 4.33. The normalized spacial score (nSPS) is 32.2. The van der Waals surface area contributed by atoms with E-state index in [1.807, 2.05) is 0 Å². The van der Waals surface area contributed by atoms with Crippen LogP contribution < -0.4 is 0 Å². The van der Waals surface area contributed by atoms with Gasteiger partial charge >= 0.3 is 0 Å². The Morgan fingerprint density at radius 3 is 2.83 bits per heavy atom. The van der Waals surface area contributed by atoms with Crippen LogP contribution in [0.15, 0.2) is 0 Å². The Labute approximate surface area is 79.2 Å². The van der Waals surface area contributed by atoms with Gasteiger partial charge in [-0.25, -0.2) is 0 Å². The Morgan fingerprint density at radius 1 is 1.67 bits per heavy atom. The smallest absolute Gasteiger partial charge is 0.0764 e. The molecule has 0 spiro atoms. The first-order valence-corrected chi connectivity index (χ1v) is 5.00. The van der Waals surface area contributed by atoms with Gasteiger partial charge in [0.25, 0.3) is 0 Å². The van der Waals surface area contributed by atoms with Crippen LogP contribution in [0.3, 0.4) is 0 Å². The third kappa shape index (κ3) is 2.61. The zero-order chi connectivity index (χ0) is 8.97. The summed E-state index contributed by atoms with van der Waals surface area (Å²) in [6, 6.07) is 0. The van der Waals surface area contributed by atoms with Gasteiger partial charge in [0.2, 0.25) is 0 Å². The molecule has 2 nitrogen and oxygen atoms in total. The van der Waals surface area contributed by atoms with Crippen LogP contribution in [-0.4, -0.2) is 31.3 Å². The van der Waals surface area contributed by atoms with E-state index >= 15 is 0 Å². The van der Waals surface area contributed by atoms with E-state index in [2.05, 4.69) is 6.92 Å². The first-order valence-electron chi connectivity index (χ1n) is 4.56. The lowest BCUT2D eigenvalue weighted by molar-refractivity contribution is 0.0287. The molecule has 0 aromatic rings. The van der Waals surface area contributed by atoms with Gasteiger partial charge in [-0.15, -0.1) is 11.6 Å². The maximum Gasteiger partial charge on any atom is 0.0764 e. The average Bonchev–Trinajstić information content (AvgIpc) is 2.47. The minimum atomic E-state index is 0.189. The fourth-order valence-corrected chi connectivity index (χ4v) is 1.79. The summed E-state index contributed by atoms with van der Waals surface area (Å²) in [5.41, 5.74) is 0. The lowest BCUT2D eigenvalue weighted by Crippen LogP contribution is -2.24. The highest BCUT2D eigenvalue weighted by Gasteiger charge is 2.28. The number of methoxy groups -OCH3 is 1. The summed E-state index contributed by atoms with van der Waals surface area (Å²) < 4.78 is 10.8. The second-order valence-corrected chi connectivity index (χ2v) is 3.78. The fraction of sp³-hybridized carbons (Fsp3) is 1.00. The van der Waals surface area contributed by atoms with Crippen LogP contribution in [0.2, 0.25) is 0 Å². The second kappa shape index (κ2) is 5.05. The Morgan fingerprint density at radius 2 is 2.42 bits per heavy atom. The van der Waals surface area contributed by atoms with E-state index in [4.69, 9.17) is 21.1 Å². The Hall–Kier alpha value is 0.210. The van der Waals surface area contributed by atoms with E-state index in [0.29, 0.717) is 6.10 Å². The van der Waals surface area contributed by atoms with E-state index < -0.39 is 0 Å². The molecule has 1 heterocycles. The van der Waals surface area contributed by atoms with Crippen molar-refractivity contribution >= 4 is 11.6 Å². The van der Waals surface area contributed by atoms with E-state index in [1.54, 1.807) is 7.11 Å². The van der Waals surface area contributed by atoms with E-state index in [9.17, 15) is 0 Å². The van der Waals surface area contributed by atoms with Gasteiger partial charge < -0.3 is 9.47 Å². The molecule has 0 saturated carbocycles. The van der Waals surface area contributed by atoms with E-state index in [-0.39, 0.29) is 11.5 Å². The van der Waals surface area contributed by atoms with Crippen molar-refractivity contribution in [3.8, 4) is 0 Å². The Bertz CT molecular complexity index is 126. The largest absolute Gasteiger partial charge is 0.381 e. The maximum absolute atomic E-state index is 6.06. The molecule has 3 heteroatoms. The number of hydrogen-bond donors (Lipinski definition) is 0. The third-order valence-corrected chi connectivity index (χ3v) is 2.91. The van der Waals surface area contributed by atoms with Gasteiger partial charge in [-0.05, 0) is 12.8 Å². The SMILES string of the molecule is CCC(CC1OCCC1Cl)OC. The molecule has 1 saturated heterocycles. The highest BCUT2D eigenvalue weighted by Crippen LogP contribution is 2.24. The maximum atomic E-state index is 6.06. The first kappa shape index (κ1) is 10.3. The summed E-state index contributed by atoms with van der Waals surface area (Å²) in [6.45, 7) is 2.92. The molecule has 0 aromatic heterocycles. The molecule has 3 unspecified atom stereocenters. The van der Waals surface area contributed by atoms with Gasteiger partial charge in [0.15, 0.2) is 0 Å². The minimum absolute atomic E-state index is 0.189. The predicted molar refractivity (Wildman–Crippen MR) is 49.7 cm³/mol. The summed E-state index contributed by atoms with van der Waals surface area (Å²) in [4.78, 5) is 0. The topological polar surface area (TPSA) is 18.5 Å². The summed E-state index contributed by atoms with van der Waals surface area (Å²) in [5.74, 6) is 0. The molecule has 1 fully saturated rings. The van der Waals surface area contributed by atoms with Crippen molar-refractivity contribution in [2.75, 3.05) is 13.7 Å². The molecule has 1 aliphatic heterocycles. The number of rotatable bonds is 4. The number of alkyl halides is 1. The van der Waals surface area contributed by atoms with Crippen molar-refractivity contribution < 1.29 is 9.47 Å². The van der Waals surface area contributed by atoms with Gasteiger partial charge in [0.05, 0.1) is 17.6 Å². The van der Waals surface area contributed by atoms with Gasteiger partial charge in [-0.3, -0.25) is 0 Å². The molecule has 0 radical (unpaired) electrons.